The van der Waals surface area contributed by atoms with Gasteiger partial charge in [0.2, 0.25) is 5.91 Å². The molecule has 2 atom stereocenters. The number of nitrogens with one attached hydrogen (secondary N) is 2. The zero-order valence-corrected chi connectivity index (χ0v) is 11.7. The summed E-state index contributed by atoms with van der Waals surface area (Å²) in [7, 11) is 0. The fourth-order valence-electron chi connectivity index (χ4n) is 2.97. The lowest BCUT2D eigenvalue weighted by Gasteiger charge is -2.26. The fourth-order valence-corrected chi connectivity index (χ4v) is 2.97. The Labute approximate surface area is 111 Å². The van der Waals surface area contributed by atoms with Gasteiger partial charge in [0.15, 0.2) is 0 Å². The molecule has 2 rings (SSSR count). The van der Waals surface area contributed by atoms with E-state index >= 15 is 0 Å². The predicted molar refractivity (Wildman–Crippen MR) is 74.3 cm³/mol. The highest BCUT2D eigenvalue weighted by molar-refractivity contribution is 5.77. The Morgan fingerprint density at radius 1 is 1.17 bits per heavy atom. The van der Waals surface area contributed by atoms with E-state index in [2.05, 4.69) is 17.6 Å². The van der Waals surface area contributed by atoms with E-state index in [9.17, 15) is 4.79 Å². The molecule has 0 bridgehead atoms. The van der Waals surface area contributed by atoms with Gasteiger partial charge < -0.3 is 10.6 Å². The molecule has 18 heavy (non-hydrogen) atoms. The minimum atomic E-state index is 0.166. The third-order valence-electron chi connectivity index (χ3n) is 4.34. The molecule has 3 nitrogen and oxygen atoms in total. The number of hydrogen-bond donors (Lipinski definition) is 2. The number of hydrogen-bond acceptors (Lipinski definition) is 2. The third kappa shape index (κ3) is 5.38. The lowest BCUT2D eigenvalue weighted by Crippen LogP contribution is -2.35. The summed E-state index contributed by atoms with van der Waals surface area (Å²) in [5.74, 6) is 2.73. The lowest BCUT2D eigenvalue weighted by atomic mass is 9.81. The molecule has 3 heteroatoms. The molecule has 2 unspecified atom stereocenters. The first-order valence-electron chi connectivity index (χ1n) is 7.71. The Balaban J connectivity index is 1.45. The van der Waals surface area contributed by atoms with Gasteiger partial charge in [0, 0.05) is 6.54 Å². The summed E-state index contributed by atoms with van der Waals surface area (Å²) < 4.78 is 0. The fraction of sp³-hybridized carbons (Fsp3) is 0.933. The molecule has 2 fully saturated rings. The summed E-state index contributed by atoms with van der Waals surface area (Å²) in [6.07, 6.45) is 9.41. The van der Waals surface area contributed by atoms with Crippen molar-refractivity contribution in [3.8, 4) is 0 Å². The van der Waals surface area contributed by atoms with Gasteiger partial charge in [-0.15, -0.1) is 0 Å². The van der Waals surface area contributed by atoms with Crippen LogP contribution in [0.4, 0.5) is 0 Å². The van der Waals surface area contributed by atoms with Crippen molar-refractivity contribution in [3.63, 3.8) is 0 Å². The van der Waals surface area contributed by atoms with Crippen molar-refractivity contribution in [3.05, 3.63) is 0 Å². The summed E-state index contributed by atoms with van der Waals surface area (Å²) >= 11 is 0. The molecule has 1 amide bonds. The number of carbonyl (C=O) groups is 1. The van der Waals surface area contributed by atoms with Gasteiger partial charge in [0.1, 0.15) is 0 Å². The Morgan fingerprint density at radius 2 is 2.00 bits per heavy atom. The molecule has 104 valence electrons. The van der Waals surface area contributed by atoms with Gasteiger partial charge in [0.05, 0.1) is 6.54 Å². The molecule has 2 N–H and O–H groups in total. The van der Waals surface area contributed by atoms with Crippen molar-refractivity contribution in [2.75, 3.05) is 19.6 Å². The minimum Gasteiger partial charge on any atom is -0.355 e. The number of amides is 1. The molecular formula is C15H28N2O. The van der Waals surface area contributed by atoms with Crippen LogP contribution in [-0.4, -0.2) is 25.5 Å². The standard InChI is InChI=1S/C15H28N2O/c1-12-3-2-4-13(9-12)7-8-16-11-15(18)17-10-14-5-6-14/h12-14,16H,2-11H2,1H3,(H,17,18). The molecular weight excluding hydrogens is 224 g/mol. The van der Waals surface area contributed by atoms with Crippen molar-refractivity contribution in [1.82, 2.24) is 10.6 Å². The Hall–Kier alpha value is -0.570. The van der Waals surface area contributed by atoms with Crippen LogP contribution in [0, 0.1) is 17.8 Å². The van der Waals surface area contributed by atoms with E-state index in [1.165, 1.54) is 44.9 Å². The van der Waals surface area contributed by atoms with E-state index in [-0.39, 0.29) is 5.91 Å². The topological polar surface area (TPSA) is 41.1 Å². The highest BCUT2D eigenvalue weighted by atomic mass is 16.1. The molecule has 0 aromatic heterocycles. The first-order chi connectivity index (χ1) is 8.74. The van der Waals surface area contributed by atoms with E-state index in [0.29, 0.717) is 6.54 Å². The Bertz CT molecular complexity index is 263. The second-order valence-corrected chi connectivity index (χ2v) is 6.35. The maximum Gasteiger partial charge on any atom is 0.233 e. The summed E-state index contributed by atoms with van der Waals surface area (Å²) in [4.78, 5) is 11.5. The normalized spacial score (nSPS) is 28.1. The molecule has 0 heterocycles. The zero-order valence-electron chi connectivity index (χ0n) is 11.7. The molecule has 0 aromatic rings. The predicted octanol–water partition coefficient (Wildman–Crippen LogP) is 2.32. The monoisotopic (exact) mass is 252 g/mol. The molecule has 0 radical (unpaired) electrons. The van der Waals surface area contributed by atoms with Gasteiger partial charge in [0.25, 0.3) is 0 Å². The summed E-state index contributed by atoms with van der Waals surface area (Å²) in [6, 6.07) is 0. The van der Waals surface area contributed by atoms with E-state index in [1.807, 2.05) is 0 Å². The smallest absolute Gasteiger partial charge is 0.233 e. The maximum atomic E-state index is 11.5. The molecule has 0 aliphatic heterocycles. The van der Waals surface area contributed by atoms with Crippen molar-refractivity contribution in [2.24, 2.45) is 17.8 Å². The second-order valence-electron chi connectivity index (χ2n) is 6.35. The number of carbonyl (C=O) groups excluding carboxylic acids is 1. The van der Waals surface area contributed by atoms with E-state index in [0.717, 1.165) is 30.8 Å². The van der Waals surface area contributed by atoms with Crippen LogP contribution in [0.1, 0.15) is 51.9 Å². The van der Waals surface area contributed by atoms with Crippen LogP contribution in [0.2, 0.25) is 0 Å². The van der Waals surface area contributed by atoms with Crippen LogP contribution in [-0.2, 0) is 4.79 Å². The van der Waals surface area contributed by atoms with Crippen LogP contribution < -0.4 is 10.6 Å². The summed E-state index contributed by atoms with van der Waals surface area (Å²) in [6.45, 7) is 4.74. The van der Waals surface area contributed by atoms with Crippen molar-refractivity contribution in [2.45, 2.75) is 51.9 Å². The molecule has 2 aliphatic rings. The zero-order chi connectivity index (χ0) is 12.8. The largest absolute Gasteiger partial charge is 0.355 e. The van der Waals surface area contributed by atoms with Crippen LogP contribution in [0.25, 0.3) is 0 Å². The van der Waals surface area contributed by atoms with Crippen LogP contribution >= 0.6 is 0 Å². The van der Waals surface area contributed by atoms with Gasteiger partial charge in [-0.25, -0.2) is 0 Å². The first-order valence-corrected chi connectivity index (χ1v) is 7.71. The molecule has 2 saturated carbocycles. The quantitative estimate of drug-likeness (QED) is 0.683. The molecule has 0 saturated heterocycles. The molecule has 0 aromatic carbocycles. The SMILES string of the molecule is CC1CCCC(CCNCC(=O)NCC2CC2)C1. The van der Waals surface area contributed by atoms with Crippen molar-refractivity contribution in [1.29, 1.82) is 0 Å². The molecule has 2 aliphatic carbocycles. The van der Waals surface area contributed by atoms with Crippen molar-refractivity contribution >= 4 is 5.91 Å². The summed E-state index contributed by atoms with van der Waals surface area (Å²) in [5, 5.41) is 6.27. The number of rotatable bonds is 7. The van der Waals surface area contributed by atoms with E-state index < -0.39 is 0 Å². The highest BCUT2D eigenvalue weighted by Gasteiger charge is 2.21. The van der Waals surface area contributed by atoms with Gasteiger partial charge >= 0.3 is 0 Å². The first kappa shape index (κ1) is 13.9. The summed E-state index contributed by atoms with van der Waals surface area (Å²) in [5.41, 5.74) is 0. The van der Waals surface area contributed by atoms with E-state index in [1.54, 1.807) is 0 Å². The van der Waals surface area contributed by atoms with Gasteiger partial charge in [-0.05, 0) is 50.0 Å². The van der Waals surface area contributed by atoms with Gasteiger partial charge in [-0.2, -0.15) is 0 Å². The second kappa shape index (κ2) is 7.13. The third-order valence-corrected chi connectivity index (χ3v) is 4.34. The average molecular weight is 252 g/mol. The molecule has 0 spiro atoms. The minimum absolute atomic E-state index is 0.166. The average Bonchev–Trinajstić information content (AvgIpc) is 3.16. The van der Waals surface area contributed by atoms with Crippen LogP contribution in [0.5, 0.6) is 0 Å². The van der Waals surface area contributed by atoms with Crippen LogP contribution in [0.3, 0.4) is 0 Å². The van der Waals surface area contributed by atoms with Crippen LogP contribution in [0.15, 0.2) is 0 Å². The lowest BCUT2D eigenvalue weighted by molar-refractivity contribution is -0.120. The highest BCUT2D eigenvalue weighted by Crippen LogP contribution is 2.30. The van der Waals surface area contributed by atoms with Gasteiger partial charge in [-0.3, -0.25) is 4.79 Å². The Kier molecular flexibility index (Phi) is 5.48. The van der Waals surface area contributed by atoms with Crippen molar-refractivity contribution < 1.29 is 4.79 Å². The van der Waals surface area contributed by atoms with E-state index in [4.69, 9.17) is 0 Å². The Morgan fingerprint density at radius 3 is 2.72 bits per heavy atom. The maximum absolute atomic E-state index is 11.5. The van der Waals surface area contributed by atoms with Gasteiger partial charge in [-0.1, -0.05) is 26.2 Å².